The van der Waals surface area contributed by atoms with E-state index < -0.39 is 28.1 Å². The van der Waals surface area contributed by atoms with Crippen LogP contribution in [0.25, 0.3) is 0 Å². The second-order valence-electron chi connectivity index (χ2n) is 6.01. The molecule has 2 amide bonds. The molecule has 0 aliphatic heterocycles. The van der Waals surface area contributed by atoms with Gasteiger partial charge in [0.25, 0.3) is 0 Å². The van der Waals surface area contributed by atoms with Crippen molar-refractivity contribution in [1.82, 2.24) is 5.32 Å². The fraction of sp³-hybridized carbons (Fsp3) is 0.500. The van der Waals surface area contributed by atoms with Gasteiger partial charge < -0.3 is 10.6 Å². The first-order chi connectivity index (χ1) is 11.1. The summed E-state index contributed by atoms with van der Waals surface area (Å²) in [6.45, 7) is 3.72. The minimum Gasteiger partial charge on any atom is -0.353 e. The molecule has 1 saturated carbocycles. The van der Waals surface area contributed by atoms with E-state index in [1.807, 2.05) is 13.8 Å². The van der Waals surface area contributed by atoms with Crippen LogP contribution in [0.4, 0.5) is 18.9 Å². The van der Waals surface area contributed by atoms with E-state index in [1.54, 1.807) is 0 Å². The number of halogens is 4. The van der Waals surface area contributed by atoms with Gasteiger partial charge in [-0.15, -0.1) is 0 Å². The highest BCUT2D eigenvalue weighted by molar-refractivity contribution is 6.31. The van der Waals surface area contributed by atoms with Crippen molar-refractivity contribution in [1.29, 1.82) is 0 Å². The highest BCUT2D eigenvalue weighted by atomic mass is 35.5. The topological polar surface area (TPSA) is 58.2 Å². The number of benzene rings is 1. The second kappa shape index (κ2) is 6.63. The number of rotatable bonds is 5. The molecular weight excluding hydrogens is 345 g/mol. The molecule has 1 aromatic rings. The van der Waals surface area contributed by atoms with Crippen molar-refractivity contribution in [2.45, 2.75) is 45.3 Å². The molecular formula is C16H18ClF3N2O2. The minimum atomic E-state index is -4.62. The Morgan fingerprint density at radius 2 is 1.92 bits per heavy atom. The molecule has 0 aromatic heterocycles. The summed E-state index contributed by atoms with van der Waals surface area (Å²) in [6, 6.07) is 3.04. The van der Waals surface area contributed by atoms with Gasteiger partial charge in [-0.3, -0.25) is 9.59 Å². The first kappa shape index (κ1) is 18.6. The fourth-order valence-corrected chi connectivity index (χ4v) is 2.44. The zero-order chi connectivity index (χ0) is 18.1. The number of carbonyl (C=O) groups is 2. The Kier molecular flexibility index (Phi) is 5.13. The maximum absolute atomic E-state index is 12.9. The predicted molar refractivity (Wildman–Crippen MR) is 84.6 cm³/mol. The Morgan fingerprint density at radius 1 is 1.29 bits per heavy atom. The molecule has 0 bridgehead atoms. The molecule has 8 heteroatoms. The molecule has 1 aliphatic carbocycles. The Labute approximate surface area is 142 Å². The Balaban J connectivity index is 2.14. The SMILES string of the molecule is CCC(C)NC(=O)C1(C(=O)Nc2ccc(Cl)c(C(F)(F)F)c2)CC1. The highest BCUT2D eigenvalue weighted by Gasteiger charge is 2.56. The third kappa shape index (κ3) is 3.83. The normalized spacial score (nSPS) is 17.1. The van der Waals surface area contributed by atoms with Crippen LogP contribution in [0.15, 0.2) is 18.2 Å². The number of amides is 2. The number of alkyl halides is 3. The molecule has 1 unspecified atom stereocenters. The number of hydrogen-bond acceptors (Lipinski definition) is 2. The molecule has 1 atom stereocenters. The first-order valence-electron chi connectivity index (χ1n) is 7.59. The zero-order valence-electron chi connectivity index (χ0n) is 13.3. The predicted octanol–water partition coefficient (Wildman–Crippen LogP) is 3.99. The molecule has 1 aliphatic rings. The van der Waals surface area contributed by atoms with Crippen LogP contribution >= 0.6 is 11.6 Å². The van der Waals surface area contributed by atoms with Gasteiger partial charge in [-0.2, -0.15) is 13.2 Å². The lowest BCUT2D eigenvalue weighted by Crippen LogP contribution is -2.43. The highest BCUT2D eigenvalue weighted by Crippen LogP contribution is 2.47. The van der Waals surface area contributed by atoms with Crippen molar-refractivity contribution in [3.05, 3.63) is 28.8 Å². The van der Waals surface area contributed by atoms with Crippen LogP contribution in [0.2, 0.25) is 5.02 Å². The molecule has 0 saturated heterocycles. The van der Waals surface area contributed by atoms with Gasteiger partial charge in [-0.25, -0.2) is 0 Å². The van der Waals surface area contributed by atoms with E-state index in [0.717, 1.165) is 18.6 Å². The molecule has 132 valence electrons. The average Bonchev–Trinajstić information content (AvgIpc) is 3.29. The van der Waals surface area contributed by atoms with Crippen LogP contribution in [-0.2, 0) is 15.8 Å². The quantitative estimate of drug-likeness (QED) is 0.778. The molecule has 0 radical (unpaired) electrons. The van der Waals surface area contributed by atoms with Crippen molar-refractivity contribution < 1.29 is 22.8 Å². The molecule has 1 aromatic carbocycles. The van der Waals surface area contributed by atoms with Gasteiger partial charge in [-0.05, 0) is 44.4 Å². The zero-order valence-corrected chi connectivity index (χ0v) is 14.0. The van der Waals surface area contributed by atoms with Crippen LogP contribution in [0.1, 0.15) is 38.7 Å². The monoisotopic (exact) mass is 362 g/mol. The lowest BCUT2D eigenvalue weighted by atomic mass is 10.0. The van der Waals surface area contributed by atoms with Gasteiger partial charge in [0, 0.05) is 11.7 Å². The Bertz CT molecular complexity index is 657. The van der Waals surface area contributed by atoms with Crippen LogP contribution < -0.4 is 10.6 Å². The molecule has 2 rings (SSSR count). The first-order valence-corrected chi connectivity index (χ1v) is 7.97. The molecule has 2 N–H and O–H groups in total. The van der Waals surface area contributed by atoms with Crippen molar-refractivity contribution in [3.63, 3.8) is 0 Å². The maximum atomic E-state index is 12.9. The standard InChI is InChI=1S/C16H18ClF3N2O2/c1-3-9(2)21-13(23)15(6-7-15)14(24)22-10-4-5-12(17)11(8-10)16(18,19)20/h4-5,8-9H,3,6-7H2,1-2H3,(H,21,23)(H,22,24). The Morgan fingerprint density at radius 3 is 2.42 bits per heavy atom. The number of carbonyl (C=O) groups excluding carboxylic acids is 2. The van der Waals surface area contributed by atoms with Crippen LogP contribution in [0, 0.1) is 5.41 Å². The lowest BCUT2D eigenvalue weighted by molar-refractivity contribution is -0.138. The molecule has 0 spiro atoms. The maximum Gasteiger partial charge on any atom is 0.417 e. The van der Waals surface area contributed by atoms with Gasteiger partial charge >= 0.3 is 6.18 Å². The third-order valence-corrected chi connectivity index (χ3v) is 4.47. The molecule has 0 heterocycles. The van der Waals surface area contributed by atoms with E-state index in [4.69, 9.17) is 11.6 Å². The molecule has 1 fully saturated rings. The molecule has 24 heavy (non-hydrogen) atoms. The van der Waals surface area contributed by atoms with E-state index in [2.05, 4.69) is 10.6 Å². The lowest BCUT2D eigenvalue weighted by Gasteiger charge is -2.19. The summed E-state index contributed by atoms with van der Waals surface area (Å²) < 4.78 is 38.6. The van der Waals surface area contributed by atoms with Gasteiger partial charge in [0.15, 0.2) is 0 Å². The van der Waals surface area contributed by atoms with Gasteiger partial charge in [0.1, 0.15) is 5.41 Å². The summed E-state index contributed by atoms with van der Waals surface area (Å²) in [5.74, 6) is -0.988. The Hall–Kier alpha value is -1.76. The van der Waals surface area contributed by atoms with E-state index in [-0.39, 0.29) is 17.6 Å². The van der Waals surface area contributed by atoms with Crippen LogP contribution in [0.3, 0.4) is 0 Å². The number of anilines is 1. The van der Waals surface area contributed by atoms with Crippen molar-refractivity contribution >= 4 is 29.1 Å². The van der Waals surface area contributed by atoms with Gasteiger partial charge in [0.2, 0.25) is 11.8 Å². The fourth-order valence-electron chi connectivity index (χ4n) is 2.22. The smallest absolute Gasteiger partial charge is 0.353 e. The number of hydrogen-bond donors (Lipinski definition) is 2. The second-order valence-corrected chi connectivity index (χ2v) is 6.42. The summed E-state index contributed by atoms with van der Waals surface area (Å²) >= 11 is 5.55. The summed E-state index contributed by atoms with van der Waals surface area (Å²) in [7, 11) is 0. The van der Waals surface area contributed by atoms with Crippen molar-refractivity contribution in [3.8, 4) is 0 Å². The molecule has 4 nitrogen and oxygen atoms in total. The average molecular weight is 363 g/mol. The summed E-state index contributed by atoms with van der Waals surface area (Å²) in [5.41, 5.74) is -2.27. The van der Waals surface area contributed by atoms with E-state index in [1.165, 1.54) is 6.07 Å². The minimum absolute atomic E-state index is 0.0423. The number of nitrogens with one attached hydrogen (secondary N) is 2. The van der Waals surface area contributed by atoms with Crippen molar-refractivity contribution in [2.75, 3.05) is 5.32 Å². The largest absolute Gasteiger partial charge is 0.417 e. The van der Waals surface area contributed by atoms with Gasteiger partial charge in [-0.1, -0.05) is 18.5 Å². The summed E-state index contributed by atoms with van der Waals surface area (Å²) in [5, 5.41) is 4.69. The van der Waals surface area contributed by atoms with E-state index in [9.17, 15) is 22.8 Å². The van der Waals surface area contributed by atoms with E-state index >= 15 is 0 Å². The third-order valence-electron chi connectivity index (χ3n) is 4.14. The van der Waals surface area contributed by atoms with Crippen molar-refractivity contribution in [2.24, 2.45) is 5.41 Å². The van der Waals surface area contributed by atoms with Crippen LogP contribution in [0.5, 0.6) is 0 Å². The van der Waals surface area contributed by atoms with Gasteiger partial charge in [0.05, 0.1) is 10.6 Å². The summed E-state index contributed by atoms with van der Waals surface area (Å²) in [6.07, 6.45) is -3.15. The van der Waals surface area contributed by atoms with E-state index in [0.29, 0.717) is 12.8 Å². The van der Waals surface area contributed by atoms with Crippen LogP contribution in [-0.4, -0.2) is 17.9 Å². The summed E-state index contributed by atoms with van der Waals surface area (Å²) in [4.78, 5) is 24.6.